The molecule has 0 saturated carbocycles. The minimum atomic E-state index is -4.66. The number of likely N-dealkylation sites (N-methyl/N-ethyl adjacent to an activating group) is 1. The molecule has 1 aromatic heterocycles. The Morgan fingerprint density at radius 3 is 2.38 bits per heavy atom. The van der Waals surface area contributed by atoms with Crippen LogP contribution in [0, 0.1) is 5.92 Å². The van der Waals surface area contributed by atoms with E-state index >= 15 is 0 Å². The minimum Gasteiger partial charge on any atom is -0.480 e. The lowest BCUT2D eigenvalue weighted by Crippen LogP contribution is -2.35. The van der Waals surface area contributed by atoms with Gasteiger partial charge in [0.1, 0.15) is 6.04 Å². The number of hydrogen-bond acceptors (Lipinski definition) is 3. The third-order valence-corrected chi connectivity index (χ3v) is 4.03. The zero-order valence-electron chi connectivity index (χ0n) is 14.2. The summed E-state index contributed by atoms with van der Waals surface area (Å²) in [7, 11) is 3.45. The number of hydrogen-bond donors (Lipinski definition) is 1. The highest BCUT2D eigenvalue weighted by atomic mass is 19.4. The van der Waals surface area contributed by atoms with Crippen LogP contribution in [-0.2, 0) is 17.4 Å². The summed E-state index contributed by atoms with van der Waals surface area (Å²) in [6, 6.07) is -0.688. The molecule has 0 bridgehead atoms. The first-order valence-electron chi connectivity index (χ1n) is 7.68. The molecular formula is C16H23F3N2O3. The molecule has 0 fully saturated rings. The van der Waals surface area contributed by atoms with E-state index in [2.05, 4.69) is 0 Å². The molecule has 0 radical (unpaired) electrons. The summed E-state index contributed by atoms with van der Waals surface area (Å²) in [4.78, 5) is 25.4. The van der Waals surface area contributed by atoms with Gasteiger partial charge in [0, 0.05) is 18.8 Å². The quantitative estimate of drug-likeness (QED) is 0.823. The molecule has 0 aliphatic carbocycles. The molecule has 8 heteroatoms. The van der Waals surface area contributed by atoms with Gasteiger partial charge in [0.25, 0.3) is 5.56 Å². The Morgan fingerprint density at radius 1 is 1.38 bits per heavy atom. The number of aromatic nitrogens is 1. The van der Waals surface area contributed by atoms with Crippen molar-refractivity contribution in [2.75, 3.05) is 20.6 Å². The maximum absolute atomic E-state index is 13.2. The Hall–Kier alpha value is -1.83. The SMILES string of the molecule is CCC(C)C(C(=O)O)n1cc(CCN(C)C)c(C(F)(F)F)cc1=O. The number of halogens is 3. The molecule has 24 heavy (non-hydrogen) atoms. The van der Waals surface area contributed by atoms with E-state index in [1.165, 1.54) is 0 Å². The van der Waals surface area contributed by atoms with Crippen molar-refractivity contribution >= 4 is 5.97 Å². The molecule has 1 aromatic rings. The molecule has 1 rings (SSSR count). The molecule has 0 saturated heterocycles. The smallest absolute Gasteiger partial charge is 0.416 e. The number of rotatable bonds is 7. The van der Waals surface area contributed by atoms with Crippen molar-refractivity contribution in [3.05, 3.63) is 33.7 Å². The Balaban J connectivity index is 3.49. The Labute approximate surface area is 138 Å². The van der Waals surface area contributed by atoms with Gasteiger partial charge in [0.2, 0.25) is 0 Å². The zero-order chi connectivity index (χ0) is 18.7. The second-order valence-corrected chi connectivity index (χ2v) is 6.18. The lowest BCUT2D eigenvalue weighted by atomic mass is 9.98. The van der Waals surface area contributed by atoms with Gasteiger partial charge < -0.3 is 14.6 Å². The highest BCUT2D eigenvalue weighted by Gasteiger charge is 2.35. The summed E-state index contributed by atoms with van der Waals surface area (Å²) in [5.74, 6) is -1.62. The van der Waals surface area contributed by atoms with Crippen LogP contribution in [0.3, 0.4) is 0 Å². The normalized spacial score (nSPS) is 14.7. The van der Waals surface area contributed by atoms with Crippen LogP contribution in [0.15, 0.2) is 17.1 Å². The number of nitrogens with zero attached hydrogens (tertiary/aromatic N) is 2. The highest BCUT2D eigenvalue weighted by Crippen LogP contribution is 2.32. The summed E-state index contributed by atoms with van der Waals surface area (Å²) >= 11 is 0. The summed E-state index contributed by atoms with van der Waals surface area (Å²) in [5.41, 5.74) is -2.03. The van der Waals surface area contributed by atoms with Gasteiger partial charge in [-0.25, -0.2) is 4.79 Å². The number of pyridine rings is 1. The predicted molar refractivity (Wildman–Crippen MR) is 84.1 cm³/mol. The molecule has 0 aromatic carbocycles. The summed E-state index contributed by atoms with van der Waals surface area (Å²) in [6.45, 7) is 3.77. The molecule has 0 spiro atoms. The van der Waals surface area contributed by atoms with Gasteiger partial charge >= 0.3 is 12.1 Å². The predicted octanol–water partition coefficient (Wildman–Crippen LogP) is 2.64. The Kier molecular flexibility index (Phi) is 6.59. The van der Waals surface area contributed by atoms with E-state index in [1.54, 1.807) is 32.8 Å². The maximum atomic E-state index is 13.2. The fraction of sp³-hybridized carbons (Fsp3) is 0.625. The Morgan fingerprint density at radius 2 is 1.96 bits per heavy atom. The lowest BCUT2D eigenvalue weighted by Gasteiger charge is -2.24. The molecule has 0 aliphatic heterocycles. The van der Waals surface area contributed by atoms with Crippen molar-refractivity contribution in [2.45, 2.75) is 38.9 Å². The largest absolute Gasteiger partial charge is 0.480 e. The van der Waals surface area contributed by atoms with Crippen LogP contribution in [0.25, 0.3) is 0 Å². The van der Waals surface area contributed by atoms with Crippen molar-refractivity contribution in [2.24, 2.45) is 5.92 Å². The fourth-order valence-electron chi connectivity index (χ4n) is 2.48. The van der Waals surface area contributed by atoms with Crippen LogP contribution in [0.1, 0.15) is 37.4 Å². The summed E-state index contributed by atoms with van der Waals surface area (Å²) < 4.78 is 40.5. The standard InChI is InChI=1S/C16H23F3N2O3/c1-5-10(2)14(15(23)24)21-9-11(6-7-20(3)4)12(8-13(21)22)16(17,18)19/h8-10,14H,5-7H2,1-4H3,(H,23,24). The molecule has 2 atom stereocenters. The maximum Gasteiger partial charge on any atom is 0.416 e. The van der Waals surface area contributed by atoms with E-state index in [4.69, 9.17) is 0 Å². The van der Waals surface area contributed by atoms with Gasteiger partial charge in [-0.3, -0.25) is 4.79 Å². The molecule has 136 valence electrons. The van der Waals surface area contributed by atoms with Gasteiger partial charge in [-0.2, -0.15) is 13.2 Å². The number of carboxylic acids is 1. The van der Waals surface area contributed by atoms with Crippen LogP contribution in [-0.4, -0.2) is 41.2 Å². The molecule has 2 unspecified atom stereocenters. The first-order chi connectivity index (χ1) is 11.0. The monoisotopic (exact) mass is 348 g/mol. The lowest BCUT2D eigenvalue weighted by molar-refractivity contribution is -0.142. The van der Waals surface area contributed by atoms with Gasteiger partial charge in [-0.15, -0.1) is 0 Å². The van der Waals surface area contributed by atoms with Crippen molar-refractivity contribution in [1.29, 1.82) is 0 Å². The second kappa shape index (κ2) is 7.83. The topological polar surface area (TPSA) is 62.5 Å². The van der Waals surface area contributed by atoms with E-state index in [1.807, 2.05) is 0 Å². The van der Waals surface area contributed by atoms with E-state index in [-0.39, 0.29) is 12.0 Å². The average Bonchev–Trinajstić information content (AvgIpc) is 2.45. The first kappa shape index (κ1) is 20.2. The number of carboxylic acid groups (broad SMARTS) is 1. The third-order valence-electron chi connectivity index (χ3n) is 4.03. The van der Waals surface area contributed by atoms with Crippen LogP contribution in [0.5, 0.6) is 0 Å². The van der Waals surface area contributed by atoms with Crippen molar-refractivity contribution in [1.82, 2.24) is 9.47 Å². The zero-order valence-corrected chi connectivity index (χ0v) is 14.2. The molecule has 0 aliphatic rings. The summed E-state index contributed by atoms with van der Waals surface area (Å²) in [5, 5.41) is 9.40. The van der Waals surface area contributed by atoms with Crippen molar-refractivity contribution < 1.29 is 23.1 Å². The second-order valence-electron chi connectivity index (χ2n) is 6.18. The average molecular weight is 348 g/mol. The van der Waals surface area contributed by atoms with E-state index in [0.717, 1.165) is 10.8 Å². The van der Waals surface area contributed by atoms with E-state index in [0.29, 0.717) is 19.0 Å². The van der Waals surface area contributed by atoms with Gasteiger partial charge in [0.05, 0.1) is 5.56 Å². The Bertz CT molecular complexity index is 638. The third kappa shape index (κ3) is 4.83. The molecular weight excluding hydrogens is 325 g/mol. The molecule has 1 N–H and O–H groups in total. The first-order valence-corrected chi connectivity index (χ1v) is 7.68. The highest BCUT2D eigenvalue weighted by molar-refractivity contribution is 5.72. The minimum absolute atomic E-state index is 0.0645. The van der Waals surface area contributed by atoms with Gasteiger partial charge in [-0.05, 0) is 32.0 Å². The molecule has 5 nitrogen and oxygen atoms in total. The van der Waals surface area contributed by atoms with Crippen LogP contribution in [0.4, 0.5) is 13.2 Å². The van der Waals surface area contributed by atoms with Crippen molar-refractivity contribution in [3.63, 3.8) is 0 Å². The van der Waals surface area contributed by atoms with Crippen LogP contribution in [0.2, 0.25) is 0 Å². The summed E-state index contributed by atoms with van der Waals surface area (Å²) in [6.07, 6.45) is -3.05. The number of aliphatic carboxylic acids is 1. The molecule has 1 heterocycles. The molecule has 0 amide bonds. The van der Waals surface area contributed by atoms with Crippen LogP contribution < -0.4 is 5.56 Å². The van der Waals surface area contributed by atoms with E-state index in [9.17, 15) is 27.9 Å². The van der Waals surface area contributed by atoms with Crippen molar-refractivity contribution in [3.8, 4) is 0 Å². The van der Waals surface area contributed by atoms with Gasteiger partial charge in [0.15, 0.2) is 0 Å². The van der Waals surface area contributed by atoms with Gasteiger partial charge in [-0.1, -0.05) is 20.3 Å². The van der Waals surface area contributed by atoms with E-state index < -0.39 is 35.2 Å². The number of carbonyl (C=O) groups is 1. The van der Waals surface area contributed by atoms with Crippen LogP contribution >= 0.6 is 0 Å². The number of alkyl halides is 3. The fourth-order valence-corrected chi connectivity index (χ4v) is 2.48.